The summed E-state index contributed by atoms with van der Waals surface area (Å²) in [6, 6.07) is 1.80. The van der Waals surface area contributed by atoms with E-state index < -0.39 is 46.9 Å². The van der Waals surface area contributed by atoms with Crippen LogP contribution in [0.5, 0.6) is 0 Å². The molecule has 0 bridgehead atoms. The van der Waals surface area contributed by atoms with E-state index in [1.165, 1.54) is 6.42 Å². The lowest BCUT2D eigenvalue weighted by molar-refractivity contribution is -0.145. The van der Waals surface area contributed by atoms with Crippen LogP contribution in [0.4, 0.5) is 13.2 Å². The molecule has 1 saturated carbocycles. The minimum atomic E-state index is -1.19. The van der Waals surface area contributed by atoms with Gasteiger partial charge in [0.05, 0.1) is 11.5 Å². The third-order valence-electron chi connectivity index (χ3n) is 6.37. The van der Waals surface area contributed by atoms with Gasteiger partial charge in [0, 0.05) is 43.4 Å². The minimum Gasteiger partial charge on any atom is -0.481 e. The molecule has 32 heavy (non-hydrogen) atoms. The van der Waals surface area contributed by atoms with Crippen molar-refractivity contribution in [1.29, 1.82) is 0 Å². The van der Waals surface area contributed by atoms with E-state index in [-0.39, 0.29) is 11.5 Å². The number of amides is 1. The maximum Gasteiger partial charge on any atom is 0.309 e. The number of carboxylic acid groups (broad SMARTS) is 1. The van der Waals surface area contributed by atoms with E-state index in [9.17, 15) is 27.9 Å². The van der Waals surface area contributed by atoms with Gasteiger partial charge in [-0.1, -0.05) is 24.4 Å². The molecule has 0 radical (unpaired) electrons. The summed E-state index contributed by atoms with van der Waals surface area (Å²) in [5, 5.41) is 15.9. The molecule has 2 fully saturated rings. The van der Waals surface area contributed by atoms with E-state index in [1.807, 2.05) is 0 Å². The van der Waals surface area contributed by atoms with Crippen molar-refractivity contribution in [2.75, 3.05) is 13.1 Å². The largest absolute Gasteiger partial charge is 0.481 e. The number of aromatic nitrogens is 1. The molecule has 1 aromatic carbocycles. The molecule has 2 heterocycles. The van der Waals surface area contributed by atoms with Gasteiger partial charge in [0.2, 0.25) is 0 Å². The second-order valence-electron chi connectivity index (χ2n) is 8.42. The fourth-order valence-corrected chi connectivity index (χ4v) is 4.70. The summed E-state index contributed by atoms with van der Waals surface area (Å²) in [5.41, 5.74) is -0.885. The molecule has 1 aliphatic carbocycles. The zero-order chi connectivity index (χ0) is 22.8. The summed E-state index contributed by atoms with van der Waals surface area (Å²) in [6.45, 7) is 1.02. The molecule has 4 rings (SSSR count). The van der Waals surface area contributed by atoms with E-state index in [0.717, 1.165) is 31.7 Å². The van der Waals surface area contributed by atoms with E-state index in [0.29, 0.717) is 37.7 Å². The predicted octanol–water partition coefficient (Wildman–Crippen LogP) is 3.60. The number of piperidine rings is 1. The lowest BCUT2D eigenvalue weighted by Crippen LogP contribution is -2.56. The fraction of sp³-hybridized carbons (Fsp3) is 0.500. The Bertz CT molecular complexity index is 983. The van der Waals surface area contributed by atoms with Gasteiger partial charge in [-0.15, -0.1) is 0 Å². The predicted molar refractivity (Wildman–Crippen MR) is 107 cm³/mol. The van der Waals surface area contributed by atoms with E-state index in [2.05, 4.69) is 15.4 Å². The number of nitrogens with zero attached hydrogens (tertiary/aromatic N) is 2. The lowest BCUT2D eigenvalue weighted by Gasteiger charge is -2.42. The molecular formula is C22H24F3N3O4. The molecule has 172 valence electrons. The summed E-state index contributed by atoms with van der Waals surface area (Å²) in [6.07, 6.45) is 6.07. The number of rotatable bonds is 5. The molecule has 2 unspecified atom stereocenters. The maximum absolute atomic E-state index is 14.0. The highest BCUT2D eigenvalue weighted by Crippen LogP contribution is 2.29. The van der Waals surface area contributed by atoms with Crippen LogP contribution in [0, 0.1) is 23.4 Å². The Balaban J connectivity index is 1.45. The van der Waals surface area contributed by atoms with Crippen LogP contribution < -0.4 is 5.32 Å². The zero-order valence-corrected chi connectivity index (χ0v) is 17.3. The van der Waals surface area contributed by atoms with Crippen LogP contribution in [0.3, 0.4) is 0 Å². The molecule has 2 N–H and O–H groups in total. The molecule has 2 atom stereocenters. The van der Waals surface area contributed by atoms with Crippen LogP contribution in [0.25, 0.3) is 11.3 Å². The van der Waals surface area contributed by atoms with Crippen LogP contribution in [0.2, 0.25) is 0 Å². The first-order valence-corrected chi connectivity index (χ1v) is 10.7. The normalized spacial score (nSPS) is 22.6. The number of carbonyl (C=O) groups is 2. The summed E-state index contributed by atoms with van der Waals surface area (Å²) >= 11 is 0. The first-order valence-electron chi connectivity index (χ1n) is 10.7. The Hall–Kier alpha value is -2.88. The van der Waals surface area contributed by atoms with E-state index >= 15 is 0 Å². The third kappa shape index (κ3) is 4.64. The second kappa shape index (κ2) is 9.32. The van der Waals surface area contributed by atoms with Gasteiger partial charge in [-0.25, -0.2) is 13.2 Å². The zero-order valence-electron chi connectivity index (χ0n) is 17.3. The summed E-state index contributed by atoms with van der Waals surface area (Å²) < 4.78 is 46.0. The Kier molecular flexibility index (Phi) is 6.50. The van der Waals surface area contributed by atoms with Gasteiger partial charge in [0.25, 0.3) is 5.91 Å². The molecule has 1 amide bonds. The number of benzene rings is 1. The first kappa shape index (κ1) is 22.3. The van der Waals surface area contributed by atoms with Gasteiger partial charge in [-0.2, -0.15) is 0 Å². The number of aliphatic carboxylic acids is 1. The van der Waals surface area contributed by atoms with Crippen molar-refractivity contribution in [3.63, 3.8) is 0 Å². The SMILES string of the molecule is O=C(NC1CCN(C2CCCCC2)CC1C(=O)O)c1cc(-c2c(F)cc(F)cc2F)on1. The van der Waals surface area contributed by atoms with Crippen molar-refractivity contribution in [2.45, 2.75) is 50.6 Å². The quantitative estimate of drug-likeness (QED) is 0.721. The number of carbonyl (C=O) groups excluding carboxylic acids is 1. The molecule has 1 saturated heterocycles. The third-order valence-corrected chi connectivity index (χ3v) is 6.37. The number of hydrogen-bond donors (Lipinski definition) is 2. The highest BCUT2D eigenvalue weighted by Gasteiger charge is 2.38. The van der Waals surface area contributed by atoms with E-state index in [1.54, 1.807) is 0 Å². The first-order chi connectivity index (χ1) is 15.3. The molecule has 2 aliphatic rings. The van der Waals surface area contributed by atoms with Gasteiger partial charge in [-0.3, -0.25) is 14.5 Å². The maximum atomic E-state index is 14.0. The van der Waals surface area contributed by atoms with E-state index in [4.69, 9.17) is 4.52 Å². The number of nitrogens with one attached hydrogen (secondary N) is 1. The van der Waals surface area contributed by atoms with Gasteiger partial charge in [0.15, 0.2) is 11.5 Å². The lowest BCUT2D eigenvalue weighted by atomic mass is 9.87. The van der Waals surface area contributed by atoms with Crippen LogP contribution in [0.1, 0.15) is 49.0 Å². The van der Waals surface area contributed by atoms with Crippen molar-refractivity contribution >= 4 is 11.9 Å². The summed E-state index contributed by atoms with van der Waals surface area (Å²) in [4.78, 5) is 26.7. The molecule has 1 aliphatic heterocycles. The Morgan fingerprint density at radius 3 is 2.41 bits per heavy atom. The molecule has 2 aromatic rings. The van der Waals surface area contributed by atoms with Crippen LogP contribution in [0.15, 0.2) is 22.7 Å². The average molecular weight is 451 g/mol. The molecule has 10 heteroatoms. The smallest absolute Gasteiger partial charge is 0.309 e. The minimum absolute atomic E-state index is 0.248. The number of hydrogen-bond acceptors (Lipinski definition) is 5. The van der Waals surface area contributed by atoms with Gasteiger partial charge >= 0.3 is 5.97 Å². The average Bonchev–Trinajstić information content (AvgIpc) is 3.23. The van der Waals surface area contributed by atoms with Crippen LogP contribution in [-0.4, -0.2) is 52.2 Å². The Morgan fingerprint density at radius 2 is 1.75 bits per heavy atom. The standard InChI is InChI=1S/C22H24F3N3O4/c23-12-8-15(24)20(16(25)9-12)19-10-18(27-32-19)21(29)26-17-6-7-28(11-14(17)22(30)31)13-4-2-1-3-5-13/h8-10,13-14,17H,1-7,11H2,(H,26,29)(H,30,31). The summed E-state index contributed by atoms with van der Waals surface area (Å²) in [7, 11) is 0. The second-order valence-corrected chi connectivity index (χ2v) is 8.42. The van der Waals surface area contributed by atoms with Gasteiger partial charge < -0.3 is 14.9 Å². The fourth-order valence-electron chi connectivity index (χ4n) is 4.70. The molecule has 1 aromatic heterocycles. The Morgan fingerprint density at radius 1 is 1.06 bits per heavy atom. The topological polar surface area (TPSA) is 95.7 Å². The summed E-state index contributed by atoms with van der Waals surface area (Å²) in [5.74, 6) is -6.31. The molecule has 0 spiro atoms. The van der Waals surface area contributed by atoms with Gasteiger partial charge in [-0.05, 0) is 19.3 Å². The van der Waals surface area contributed by atoms with Crippen LogP contribution >= 0.6 is 0 Å². The number of likely N-dealkylation sites (tertiary alicyclic amines) is 1. The van der Waals surface area contributed by atoms with Crippen LogP contribution in [-0.2, 0) is 4.79 Å². The molecular weight excluding hydrogens is 427 g/mol. The van der Waals surface area contributed by atoms with Crippen molar-refractivity contribution in [3.05, 3.63) is 41.3 Å². The highest BCUT2D eigenvalue weighted by molar-refractivity contribution is 5.93. The number of carboxylic acids is 1. The van der Waals surface area contributed by atoms with Crippen molar-refractivity contribution < 1.29 is 32.4 Å². The number of halogens is 3. The Labute approximate surface area is 182 Å². The van der Waals surface area contributed by atoms with Crippen molar-refractivity contribution in [2.24, 2.45) is 5.92 Å². The van der Waals surface area contributed by atoms with Gasteiger partial charge in [0.1, 0.15) is 17.5 Å². The molecule has 7 nitrogen and oxygen atoms in total. The monoisotopic (exact) mass is 451 g/mol. The highest BCUT2D eigenvalue weighted by atomic mass is 19.1. The van der Waals surface area contributed by atoms with Crippen molar-refractivity contribution in [3.8, 4) is 11.3 Å². The van der Waals surface area contributed by atoms with Crippen molar-refractivity contribution in [1.82, 2.24) is 15.4 Å².